The van der Waals surface area contributed by atoms with Crippen molar-refractivity contribution in [3.63, 3.8) is 0 Å². The molecule has 1 heterocycles. The first-order chi connectivity index (χ1) is 9.22. The first-order valence-electron chi connectivity index (χ1n) is 7.13. The van der Waals surface area contributed by atoms with Crippen molar-refractivity contribution in [2.75, 3.05) is 18.8 Å². The lowest BCUT2D eigenvalue weighted by atomic mass is 10.0. The summed E-state index contributed by atoms with van der Waals surface area (Å²) in [4.78, 5) is 14.6. The molecule has 1 aliphatic carbocycles. The summed E-state index contributed by atoms with van der Waals surface area (Å²) in [6.07, 6.45) is 4.86. The minimum absolute atomic E-state index is 0.0184. The van der Waals surface area contributed by atoms with Gasteiger partial charge in [0.1, 0.15) is 0 Å². The summed E-state index contributed by atoms with van der Waals surface area (Å²) in [7, 11) is 0. The van der Waals surface area contributed by atoms with Gasteiger partial charge in [0.15, 0.2) is 0 Å². The van der Waals surface area contributed by atoms with Crippen molar-refractivity contribution in [3.8, 4) is 0 Å². The van der Waals surface area contributed by atoms with E-state index in [0.717, 1.165) is 32.0 Å². The molecule has 102 valence electrons. The summed E-state index contributed by atoms with van der Waals surface area (Å²) >= 11 is 0. The summed E-state index contributed by atoms with van der Waals surface area (Å²) in [6, 6.07) is 8.26. The van der Waals surface area contributed by atoms with Gasteiger partial charge in [-0.3, -0.25) is 4.79 Å². The summed E-state index contributed by atoms with van der Waals surface area (Å²) in [5.74, 6) is 0.0184. The maximum Gasteiger partial charge on any atom is 0.251 e. The van der Waals surface area contributed by atoms with Crippen LogP contribution in [-0.4, -0.2) is 36.0 Å². The van der Waals surface area contributed by atoms with Gasteiger partial charge in [-0.2, -0.15) is 0 Å². The summed E-state index contributed by atoms with van der Waals surface area (Å²) in [5.41, 5.74) is 7.01. The highest BCUT2D eigenvalue weighted by molar-refractivity contribution is 5.94. The number of carbonyl (C=O) groups is 1. The molecule has 4 heteroatoms. The van der Waals surface area contributed by atoms with Crippen molar-refractivity contribution in [1.82, 2.24) is 10.2 Å². The number of nitrogens with zero attached hydrogens (tertiary/aromatic N) is 1. The molecule has 1 aliphatic heterocycles. The van der Waals surface area contributed by atoms with E-state index in [2.05, 4.69) is 10.2 Å². The highest BCUT2D eigenvalue weighted by Crippen LogP contribution is 2.29. The van der Waals surface area contributed by atoms with Crippen LogP contribution in [0.15, 0.2) is 24.3 Å². The van der Waals surface area contributed by atoms with Crippen LogP contribution < -0.4 is 11.1 Å². The zero-order valence-electron chi connectivity index (χ0n) is 11.1. The molecular formula is C15H21N3O. The number of nitrogen functional groups attached to an aromatic ring is 1. The van der Waals surface area contributed by atoms with E-state index in [1.54, 1.807) is 24.3 Å². The standard InChI is InChI=1S/C15H21N3O/c16-12-3-1-11(2-4-12)15(19)17-13-7-9-18(10-8-13)14-5-6-14/h1-4,13-14H,5-10,16H2,(H,17,19). The molecule has 1 saturated carbocycles. The van der Waals surface area contributed by atoms with Gasteiger partial charge in [0, 0.05) is 36.4 Å². The second kappa shape index (κ2) is 5.21. The second-order valence-electron chi connectivity index (χ2n) is 5.64. The lowest BCUT2D eigenvalue weighted by Gasteiger charge is -2.32. The number of hydrogen-bond donors (Lipinski definition) is 2. The number of hydrogen-bond acceptors (Lipinski definition) is 3. The maximum absolute atomic E-state index is 12.1. The van der Waals surface area contributed by atoms with Gasteiger partial charge in [-0.15, -0.1) is 0 Å². The molecule has 3 N–H and O–H groups in total. The highest BCUT2D eigenvalue weighted by atomic mass is 16.1. The number of nitrogens with two attached hydrogens (primary N) is 1. The number of piperidine rings is 1. The molecule has 2 aliphatic rings. The molecular weight excluding hydrogens is 238 g/mol. The fourth-order valence-electron chi connectivity index (χ4n) is 2.75. The van der Waals surface area contributed by atoms with E-state index in [0.29, 0.717) is 17.3 Å². The number of rotatable bonds is 3. The van der Waals surface area contributed by atoms with Crippen LogP contribution in [0, 0.1) is 0 Å². The molecule has 1 aromatic rings. The SMILES string of the molecule is Nc1ccc(C(=O)NC2CCN(C3CC3)CC2)cc1. The fraction of sp³-hybridized carbons (Fsp3) is 0.533. The van der Waals surface area contributed by atoms with Crippen LogP contribution >= 0.6 is 0 Å². The van der Waals surface area contributed by atoms with Crippen LogP contribution in [0.4, 0.5) is 5.69 Å². The fourth-order valence-corrected chi connectivity index (χ4v) is 2.75. The Kier molecular flexibility index (Phi) is 3.42. The molecule has 1 amide bonds. The van der Waals surface area contributed by atoms with Crippen LogP contribution in [0.2, 0.25) is 0 Å². The third-order valence-electron chi connectivity index (χ3n) is 4.10. The Morgan fingerprint density at radius 2 is 1.74 bits per heavy atom. The Bertz CT molecular complexity index is 445. The van der Waals surface area contributed by atoms with Crippen LogP contribution in [0.3, 0.4) is 0 Å². The number of benzene rings is 1. The van der Waals surface area contributed by atoms with Crippen molar-refractivity contribution >= 4 is 11.6 Å². The minimum Gasteiger partial charge on any atom is -0.399 e. The molecule has 1 aromatic carbocycles. The number of likely N-dealkylation sites (tertiary alicyclic amines) is 1. The molecule has 0 bridgehead atoms. The Hall–Kier alpha value is -1.55. The number of anilines is 1. The first-order valence-corrected chi connectivity index (χ1v) is 7.13. The summed E-state index contributed by atoms with van der Waals surface area (Å²) < 4.78 is 0. The molecule has 0 spiro atoms. The van der Waals surface area contributed by atoms with Crippen LogP contribution in [0.5, 0.6) is 0 Å². The van der Waals surface area contributed by atoms with Crippen molar-refractivity contribution in [1.29, 1.82) is 0 Å². The van der Waals surface area contributed by atoms with Gasteiger partial charge in [0.2, 0.25) is 0 Å². The number of carbonyl (C=O) groups excluding carboxylic acids is 1. The van der Waals surface area contributed by atoms with Crippen molar-refractivity contribution in [2.24, 2.45) is 0 Å². The average Bonchev–Trinajstić information content (AvgIpc) is 3.25. The number of amides is 1. The smallest absolute Gasteiger partial charge is 0.251 e. The van der Waals surface area contributed by atoms with Gasteiger partial charge in [-0.25, -0.2) is 0 Å². The molecule has 0 atom stereocenters. The largest absolute Gasteiger partial charge is 0.399 e. The molecule has 19 heavy (non-hydrogen) atoms. The van der Waals surface area contributed by atoms with E-state index >= 15 is 0 Å². The Labute approximate surface area is 114 Å². The Morgan fingerprint density at radius 3 is 2.32 bits per heavy atom. The van der Waals surface area contributed by atoms with Crippen molar-refractivity contribution in [2.45, 2.75) is 37.8 Å². The second-order valence-corrected chi connectivity index (χ2v) is 5.64. The molecule has 2 fully saturated rings. The monoisotopic (exact) mass is 259 g/mol. The van der Waals surface area contributed by atoms with Gasteiger partial charge < -0.3 is 16.0 Å². The van der Waals surface area contributed by atoms with Gasteiger partial charge in [-0.1, -0.05) is 0 Å². The van der Waals surface area contributed by atoms with E-state index in [9.17, 15) is 4.79 Å². The summed E-state index contributed by atoms with van der Waals surface area (Å²) in [6.45, 7) is 2.24. The highest BCUT2D eigenvalue weighted by Gasteiger charge is 2.32. The molecule has 0 radical (unpaired) electrons. The van der Waals surface area contributed by atoms with Gasteiger partial charge in [0.05, 0.1) is 0 Å². The third kappa shape index (κ3) is 3.07. The van der Waals surface area contributed by atoms with Crippen LogP contribution in [0.25, 0.3) is 0 Å². The Balaban J connectivity index is 1.51. The van der Waals surface area contributed by atoms with E-state index in [4.69, 9.17) is 5.73 Å². The lowest BCUT2D eigenvalue weighted by Crippen LogP contribution is -2.45. The van der Waals surface area contributed by atoms with Gasteiger partial charge in [0.25, 0.3) is 5.91 Å². The van der Waals surface area contributed by atoms with E-state index < -0.39 is 0 Å². The van der Waals surface area contributed by atoms with Crippen molar-refractivity contribution < 1.29 is 4.79 Å². The van der Waals surface area contributed by atoms with E-state index in [-0.39, 0.29) is 5.91 Å². The molecule has 0 aromatic heterocycles. The Morgan fingerprint density at radius 1 is 1.11 bits per heavy atom. The minimum atomic E-state index is 0.0184. The van der Waals surface area contributed by atoms with Crippen LogP contribution in [0.1, 0.15) is 36.0 Å². The summed E-state index contributed by atoms with van der Waals surface area (Å²) in [5, 5.41) is 3.13. The topological polar surface area (TPSA) is 58.4 Å². The van der Waals surface area contributed by atoms with Crippen LogP contribution in [-0.2, 0) is 0 Å². The molecule has 1 saturated heterocycles. The lowest BCUT2D eigenvalue weighted by molar-refractivity contribution is 0.0909. The van der Waals surface area contributed by atoms with Gasteiger partial charge in [-0.05, 0) is 49.9 Å². The normalized spacial score (nSPS) is 21.3. The first kappa shape index (κ1) is 12.5. The number of nitrogens with one attached hydrogen (secondary N) is 1. The zero-order chi connectivity index (χ0) is 13.2. The van der Waals surface area contributed by atoms with Gasteiger partial charge >= 0.3 is 0 Å². The maximum atomic E-state index is 12.1. The quantitative estimate of drug-likeness (QED) is 0.811. The predicted octanol–water partition coefficient (Wildman–Crippen LogP) is 1.63. The van der Waals surface area contributed by atoms with Crippen molar-refractivity contribution in [3.05, 3.63) is 29.8 Å². The molecule has 4 nitrogen and oxygen atoms in total. The zero-order valence-corrected chi connectivity index (χ0v) is 11.1. The third-order valence-corrected chi connectivity index (χ3v) is 4.10. The average molecular weight is 259 g/mol. The van der Waals surface area contributed by atoms with E-state index in [1.165, 1.54) is 12.8 Å². The predicted molar refractivity (Wildman–Crippen MR) is 75.9 cm³/mol. The molecule has 0 unspecified atom stereocenters. The van der Waals surface area contributed by atoms with E-state index in [1.807, 2.05) is 0 Å². The molecule has 3 rings (SSSR count).